The Morgan fingerprint density at radius 3 is 2.69 bits per heavy atom. The minimum absolute atomic E-state index is 0.268. The second-order valence-electron chi connectivity index (χ2n) is 6.46. The summed E-state index contributed by atoms with van der Waals surface area (Å²) in [6.45, 7) is 3.26. The third-order valence-electron chi connectivity index (χ3n) is 4.13. The van der Waals surface area contributed by atoms with E-state index in [2.05, 4.69) is 16.4 Å². The van der Waals surface area contributed by atoms with Crippen molar-refractivity contribution in [2.45, 2.75) is 13.5 Å². The average molecular weight is 392 g/mol. The van der Waals surface area contributed by atoms with Crippen LogP contribution >= 0.6 is 0 Å². The van der Waals surface area contributed by atoms with Crippen LogP contribution in [0.25, 0.3) is 0 Å². The van der Waals surface area contributed by atoms with Crippen molar-refractivity contribution in [1.29, 1.82) is 0 Å². The molecule has 6 heteroatoms. The fourth-order valence-electron chi connectivity index (χ4n) is 2.71. The minimum Gasteiger partial charge on any atom is -0.489 e. The Labute approximate surface area is 170 Å². The Kier molecular flexibility index (Phi) is 7.19. The highest BCUT2D eigenvalue weighted by atomic mass is 16.5. The van der Waals surface area contributed by atoms with Crippen LogP contribution < -0.4 is 14.8 Å². The minimum atomic E-state index is -0.268. The fraction of sp³-hybridized carbons (Fsp3) is 0.217. The van der Waals surface area contributed by atoms with Crippen LogP contribution in [-0.2, 0) is 11.3 Å². The van der Waals surface area contributed by atoms with E-state index < -0.39 is 0 Å². The molecule has 0 aliphatic rings. The number of nitrogens with zero attached hydrogens (tertiary/aromatic N) is 1. The number of nitrogens with one attached hydrogen (secondary N) is 1. The number of rotatable bonds is 9. The van der Waals surface area contributed by atoms with Gasteiger partial charge < -0.3 is 19.5 Å². The molecule has 0 aliphatic carbocycles. The topological polar surface area (TPSA) is 69.7 Å². The maximum absolute atomic E-state index is 12.7. The van der Waals surface area contributed by atoms with E-state index in [1.165, 1.54) is 5.56 Å². The zero-order chi connectivity index (χ0) is 20.5. The summed E-state index contributed by atoms with van der Waals surface area (Å²) in [5, 5.41) is 2.84. The van der Waals surface area contributed by atoms with Gasteiger partial charge in [-0.3, -0.25) is 4.79 Å². The Balaban J connectivity index is 1.65. The highest BCUT2D eigenvalue weighted by Gasteiger charge is 2.12. The third kappa shape index (κ3) is 6.05. The quantitative estimate of drug-likeness (QED) is 0.552. The van der Waals surface area contributed by atoms with Gasteiger partial charge in [-0.25, -0.2) is 4.98 Å². The number of aryl methyl sites for hydroxylation is 1. The number of methoxy groups -OCH3 is 1. The van der Waals surface area contributed by atoms with Crippen LogP contribution in [0.1, 0.15) is 21.5 Å². The van der Waals surface area contributed by atoms with Crippen molar-refractivity contribution < 1.29 is 19.0 Å². The zero-order valence-corrected chi connectivity index (χ0v) is 16.6. The van der Waals surface area contributed by atoms with E-state index >= 15 is 0 Å². The molecule has 0 saturated carbocycles. The molecule has 29 heavy (non-hydrogen) atoms. The van der Waals surface area contributed by atoms with Crippen molar-refractivity contribution in [3.8, 4) is 11.6 Å². The predicted octanol–water partition coefficient (Wildman–Crippen LogP) is 4.25. The van der Waals surface area contributed by atoms with E-state index in [9.17, 15) is 4.79 Å². The van der Waals surface area contributed by atoms with Crippen molar-refractivity contribution in [3.05, 3.63) is 83.6 Å². The lowest BCUT2D eigenvalue weighted by Gasteiger charge is -2.12. The normalized spacial score (nSPS) is 10.4. The molecule has 6 nitrogen and oxygen atoms in total. The lowest BCUT2D eigenvalue weighted by molar-refractivity contribution is 0.102. The highest BCUT2D eigenvalue weighted by molar-refractivity contribution is 6.05. The van der Waals surface area contributed by atoms with Crippen LogP contribution in [0.4, 0.5) is 5.69 Å². The standard InChI is InChI=1S/C23H24N2O4/c1-17-6-3-7-18(14-17)16-29-20-9-4-8-19(15-20)22(26)25-21-10-5-11-24-23(21)28-13-12-27-2/h3-11,14-15H,12-13,16H2,1-2H3,(H,25,26). The van der Waals surface area contributed by atoms with Gasteiger partial charge >= 0.3 is 0 Å². The molecule has 0 radical (unpaired) electrons. The first-order chi connectivity index (χ1) is 14.2. The van der Waals surface area contributed by atoms with E-state index in [4.69, 9.17) is 14.2 Å². The summed E-state index contributed by atoms with van der Waals surface area (Å²) in [6.07, 6.45) is 1.61. The Morgan fingerprint density at radius 1 is 1.00 bits per heavy atom. The zero-order valence-electron chi connectivity index (χ0n) is 16.6. The number of aromatic nitrogens is 1. The summed E-state index contributed by atoms with van der Waals surface area (Å²) in [4.78, 5) is 16.9. The summed E-state index contributed by atoms with van der Waals surface area (Å²) in [6, 6.07) is 18.7. The van der Waals surface area contributed by atoms with Crippen LogP contribution in [0.3, 0.4) is 0 Å². The number of carbonyl (C=O) groups excluding carboxylic acids is 1. The summed E-state index contributed by atoms with van der Waals surface area (Å²) < 4.78 is 16.4. The van der Waals surface area contributed by atoms with Gasteiger partial charge in [-0.15, -0.1) is 0 Å². The van der Waals surface area contributed by atoms with Gasteiger partial charge in [-0.05, 0) is 42.8 Å². The van der Waals surface area contributed by atoms with Crippen LogP contribution in [0.15, 0.2) is 66.9 Å². The van der Waals surface area contributed by atoms with Crippen molar-refractivity contribution in [3.63, 3.8) is 0 Å². The highest BCUT2D eigenvalue weighted by Crippen LogP contribution is 2.22. The van der Waals surface area contributed by atoms with Gasteiger partial charge in [0.2, 0.25) is 5.88 Å². The number of hydrogen-bond donors (Lipinski definition) is 1. The first-order valence-corrected chi connectivity index (χ1v) is 9.32. The number of pyridine rings is 1. The van der Waals surface area contributed by atoms with Crippen LogP contribution in [0.5, 0.6) is 11.6 Å². The van der Waals surface area contributed by atoms with Gasteiger partial charge in [0.1, 0.15) is 24.7 Å². The van der Waals surface area contributed by atoms with E-state index in [0.29, 0.717) is 42.7 Å². The van der Waals surface area contributed by atoms with Crippen LogP contribution in [0, 0.1) is 6.92 Å². The molecular formula is C23H24N2O4. The van der Waals surface area contributed by atoms with Gasteiger partial charge in [0.05, 0.1) is 6.61 Å². The second kappa shape index (κ2) is 10.2. The van der Waals surface area contributed by atoms with Gasteiger partial charge in [0.15, 0.2) is 0 Å². The first-order valence-electron chi connectivity index (χ1n) is 9.32. The molecule has 0 spiro atoms. The van der Waals surface area contributed by atoms with Crippen molar-refractivity contribution in [2.75, 3.05) is 25.6 Å². The summed E-state index contributed by atoms with van der Waals surface area (Å²) in [5.74, 6) is 0.710. The van der Waals surface area contributed by atoms with Crippen molar-refractivity contribution in [2.24, 2.45) is 0 Å². The molecule has 1 N–H and O–H groups in total. The number of hydrogen-bond acceptors (Lipinski definition) is 5. The van der Waals surface area contributed by atoms with Gasteiger partial charge in [-0.2, -0.15) is 0 Å². The number of carbonyl (C=O) groups is 1. The first kappa shape index (κ1) is 20.4. The summed E-state index contributed by atoms with van der Waals surface area (Å²) >= 11 is 0. The number of anilines is 1. The SMILES string of the molecule is COCCOc1ncccc1NC(=O)c1cccc(OCc2cccc(C)c2)c1. The number of benzene rings is 2. The molecule has 3 aromatic rings. The molecule has 0 fully saturated rings. The summed E-state index contributed by atoms with van der Waals surface area (Å²) in [5.41, 5.74) is 3.24. The Morgan fingerprint density at radius 2 is 1.86 bits per heavy atom. The van der Waals surface area contributed by atoms with E-state index in [1.54, 1.807) is 43.6 Å². The molecule has 0 aliphatic heterocycles. The van der Waals surface area contributed by atoms with Gasteiger partial charge in [0, 0.05) is 18.9 Å². The molecule has 0 bridgehead atoms. The molecule has 1 amide bonds. The molecule has 3 rings (SSSR count). The molecule has 0 unspecified atom stereocenters. The Bertz CT molecular complexity index is 959. The lowest BCUT2D eigenvalue weighted by atomic mass is 10.1. The average Bonchev–Trinajstić information content (AvgIpc) is 2.74. The second-order valence-corrected chi connectivity index (χ2v) is 6.46. The predicted molar refractivity (Wildman–Crippen MR) is 112 cm³/mol. The molecule has 0 saturated heterocycles. The molecular weight excluding hydrogens is 368 g/mol. The fourth-order valence-corrected chi connectivity index (χ4v) is 2.71. The van der Waals surface area contributed by atoms with Gasteiger partial charge in [-0.1, -0.05) is 35.9 Å². The molecule has 150 valence electrons. The van der Waals surface area contributed by atoms with Crippen molar-refractivity contribution in [1.82, 2.24) is 4.98 Å². The molecule has 0 atom stereocenters. The smallest absolute Gasteiger partial charge is 0.255 e. The van der Waals surface area contributed by atoms with Crippen molar-refractivity contribution >= 4 is 11.6 Å². The van der Waals surface area contributed by atoms with E-state index in [-0.39, 0.29) is 5.91 Å². The maximum Gasteiger partial charge on any atom is 0.255 e. The third-order valence-corrected chi connectivity index (χ3v) is 4.13. The lowest BCUT2D eigenvalue weighted by Crippen LogP contribution is -2.14. The molecule has 1 aromatic heterocycles. The number of ether oxygens (including phenoxy) is 3. The Hall–Kier alpha value is -3.38. The summed E-state index contributed by atoms with van der Waals surface area (Å²) in [7, 11) is 1.60. The molecule has 2 aromatic carbocycles. The molecule has 1 heterocycles. The van der Waals surface area contributed by atoms with Crippen LogP contribution in [-0.4, -0.2) is 31.2 Å². The maximum atomic E-state index is 12.7. The van der Waals surface area contributed by atoms with E-state index in [1.807, 2.05) is 31.2 Å². The van der Waals surface area contributed by atoms with Gasteiger partial charge in [0.25, 0.3) is 5.91 Å². The monoisotopic (exact) mass is 392 g/mol. The largest absolute Gasteiger partial charge is 0.489 e. The number of amides is 1. The van der Waals surface area contributed by atoms with Crippen LogP contribution in [0.2, 0.25) is 0 Å². The van der Waals surface area contributed by atoms with E-state index in [0.717, 1.165) is 5.56 Å².